The molecule has 0 bridgehead atoms. The number of fused-ring (bicyclic) bond motifs is 2. The van der Waals surface area contributed by atoms with E-state index in [2.05, 4.69) is 10.2 Å². The third-order valence-corrected chi connectivity index (χ3v) is 7.18. The van der Waals surface area contributed by atoms with E-state index >= 15 is 0 Å². The number of rotatable bonds is 4. The zero-order valence-corrected chi connectivity index (χ0v) is 17.8. The van der Waals surface area contributed by atoms with Crippen molar-refractivity contribution in [1.82, 2.24) is 4.98 Å². The van der Waals surface area contributed by atoms with Gasteiger partial charge in [0.25, 0.3) is 0 Å². The summed E-state index contributed by atoms with van der Waals surface area (Å²) in [7, 11) is 0. The Morgan fingerprint density at radius 2 is 2.00 bits per heavy atom. The lowest BCUT2D eigenvalue weighted by Gasteiger charge is -2.28. The predicted octanol–water partition coefficient (Wildman–Crippen LogP) is 3.21. The predicted molar refractivity (Wildman–Crippen MR) is 121 cm³/mol. The SMILES string of the molecule is O=C(CN1C(=O)CSc2ccccc21)Nc1ccc2nc(N3CCOCC3)sc2c1. The zero-order valence-electron chi connectivity index (χ0n) is 16.2. The molecule has 1 aromatic heterocycles. The minimum absolute atomic E-state index is 0.00381. The van der Waals surface area contributed by atoms with Crippen LogP contribution in [0.1, 0.15) is 0 Å². The molecule has 0 saturated carbocycles. The largest absolute Gasteiger partial charge is 0.378 e. The Bertz CT molecular complexity index is 1110. The molecule has 1 N–H and O–H groups in total. The van der Waals surface area contributed by atoms with Crippen molar-refractivity contribution in [2.45, 2.75) is 4.90 Å². The normalized spacial score (nSPS) is 16.6. The van der Waals surface area contributed by atoms with Gasteiger partial charge in [0.15, 0.2) is 5.13 Å². The molecule has 3 heterocycles. The molecule has 0 aliphatic carbocycles. The van der Waals surface area contributed by atoms with Gasteiger partial charge in [-0.1, -0.05) is 23.5 Å². The molecule has 154 valence electrons. The molecule has 3 aromatic rings. The van der Waals surface area contributed by atoms with Crippen molar-refractivity contribution in [3.63, 3.8) is 0 Å². The van der Waals surface area contributed by atoms with Crippen molar-refractivity contribution in [2.24, 2.45) is 0 Å². The highest BCUT2D eigenvalue weighted by molar-refractivity contribution is 8.00. The average molecular weight is 441 g/mol. The number of para-hydroxylation sites is 1. The van der Waals surface area contributed by atoms with Crippen LogP contribution in [0.3, 0.4) is 0 Å². The van der Waals surface area contributed by atoms with Crippen LogP contribution in [0.2, 0.25) is 0 Å². The van der Waals surface area contributed by atoms with Gasteiger partial charge in [-0.3, -0.25) is 9.59 Å². The molecular weight excluding hydrogens is 420 g/mol. The third kappa shape index (κ3) is 3.88. The fourth-order valence-electron chi connectivity index (χ4n) is 3.55. The highest BCUT2D eigenvalue weighted by atomic mass is 32.2. The highest BCUT2D eigenvalue weighted by Crippen LogP contribution is 2.35. The molecule has 1 fully saturated rings. The number of morpholine rings is 1. The number of thiazole rings is 1. The van der Waals surface area contributed by atoms with E-state index in [9.17, 15) is 9.59 Å². The molecule has 2 amide bonds. The Kier molecular flexibility index (Phi) is 5.32. The summed E-state index contributed by atoms with van der Waals surface area (Å²) in [6.45, 7) is 3.11. The van der Waals surface area contributed by atoms with Gasteiger partial charge in [0.05, 0.1) is 34.9 Å². The van der Waals surface area contributed by atoms with Crippen LogP contribution < -0.4 is 15.1 Å². The Hall–Kier alpha value is -2.62. The molecule has 0 radical (unpaired) electrons. The molecule has 2 aromatic carbocycles. The van der Waals surface area contributed by atoms with Crippen molar-refractivity contribution in [3.8, 4) is 0 Å². The van der Waals surface area contributed by atoms with E-state index in [1.54, 1.807) is 16.2 Å². The van der Waals surface area contributed by atoms with E-state index in [-0.39, 0.29) is 18.4 Å². The van der Waals surface area contributed by atoms with Gasteiger partial charge in [-0.25, -0.2) is 4.98 Å². The second-order valence-electron chi connectivity index (χ2n) is 7.06. The minimum atomic E-state index is -0.220. The van der Waals surface area contributed by atoms with E-state index < -0.39 is 0 Å². The van der Waals surface area contributed by atoms with E-state index in [4.69, 9.17) is 9.72 Å². The summed E-state index contributed by atoms with van der Waals surface area (Å²) in [5.41, 5.74) is 2.41. The van der Waals surface area contributed by atoms with Gasteiger partial charge in [-0.15, -0.1) is 11.8 Å². The molecule has 30 heavy (non-hydrogen) atoms. The van der Waals surface area contributed by atoms with E-state index in [1.807, 2.05) is 42.5 Å². The number of hydrogen-bond acceptors (Lipinski definition) is 7. The van der Waals surface area contributed by atoms with Crippen LogP contribution in [0.25, 0.3) is 10.2 Å². The van der Waals surface area contributed by atoms with Crippen molar-refractivity contribution >= 4 is 61.6 Å². The first-order valence-electron chi connectivity index (χ1n) is 9.73. The van der Waals surface area contributed by atoms with E-state index in [0.717, 1.165) is 39.0 Å². The lowest BCUT2D eigenvalue weighted by molar-refractivity contribution is -0.120. The van der Waals surface area contributed by atoms with Crippen LogP contribution in [-0.2, 0) is 14.3 Å². The van der Waals surface area contributed by atoms with Gasteiger partial charge in [0, 0.05) is 23.7 Å². The first kappa shape index (κ1) is 19.3. The smallest absolute Gasteiger partial charge is 0.244 e. The number of aromatic nitrogens is 1. The molecule has 2 aliphatic heterocycles. The maximum absolute atomic E-state index is 12.7. The first-order valence-corrected chi connectivity index (χ1v) is 11.5. The molecule has 9 heteroatoms. The Morgan fingerprint density at radius 1 is 1.17 bits per heavy atom. The van der Waals surface area contributed by atoms with Gasteiger partial charge in [0.1, 0.15) is 6.54 Å². The molecule has 0 unspecified atom stereocenters. The third-order valence-electron chi connectivity index (χ3n) is 5.05. The van der Waals surface area contributed by atoms with Gasteiger partial charge < -0.3 is 19.9 Å². The number of nitrogens with one attached hydrogen (secondary N) is 1. The summed E-state index contributed by atoms with van der Waals surface area (Å²) < 4.78 is 6.43. The molecule has 5 rings (SSSR count). The lowest BCUT2D eigenvalue weighted by atomic mass is 10.2. The maximum Gasteiger partial charge on any atom is 0.244 e. The van der Waals surface area contributed by atoms with Gasteiger partial charge in [0.2, 0.25) is 11.8 Å². The Morgan fingerprint density at radius 3 is 2.87 bits per heavy atom. The number of nitrogens with zero attached hydrogens (tertiary/aromatic N) is 3. The lowest BCUT2D eigenvalue weighted by Crippen LogP contribution is -2.41. The Balaban J connectivity index is 1.30. The summed E-state index contributed by atoms with van der Waals surface area (Å²) in [5, 5.41) is 3.90. The first-order chi connectivity index (χ1) is 14.7. The fourth-order valence-corrected chi connectivity index (χ4v) is 5.54. The van der Waals surface area contributed by atoms with Crippen LogP contribution in [0, 0.1) is 0 Å². The number of benzene rings is 2. The zero-order chi connectivity index (χ0) is 20.5. The number of anilines is 3. The quantitative estimate of drug-likeness (QED) is 0.672. The van der Waals surface area contributed by atoms with E-state index in [0.29, 0.717) is 24.7 Å². The number of amides is 2. The van der Waals surface area contributed by atoms with Crippen LogP contribution in [0.4, 0.5) is 16.5 Å². The maximum atomic E-state index is 12.7. The molecule has 1 saturated heterocycles. The van der Waals surface area contributed by atoms with Crippen LogP contribution >= 0.6 is 23.1 Å². The second-order valence-corrected chi connectivity index (χ2v) is 9.09. The standard InChI is InChI=1S/C21H20N4O3S2/c26-19(12-25-16-3-1-2-4-17(16)29-13-20(25)27)22-14-5-6-15-18(11-14)30-21(23-15)24-7-9-28-10-8-24/h1-6,11H,7-10,12-13H2,(H,22,26). The fraction of sp³-hybridized carbons (Fsp3) is 0.286. The number of carbonyl (C=O) groups excluding carboxylic acids is 2. The summed E-state index contributed by atoms with van der Waals surface area (Å²) >= 11 is 3.12. The number of thioether (sulfide) groups is 1. The topological polar surface area (TPSA) is 74.8 Å². The van der Waals surface area contributed by atoms with Crippen molar-refractivity contribution < 1.29 is 14.3 Å². The van der Waals surface area contributed by atoms with Crippen molar-refractivity contribution in [1.29, 1.82) is 0 Å². The summed E-state index contributed by atoms with van der Waals surface area (Å²) in [6.07, 6.45) is 0. The number of hydrogen-bond donors (Lipinski definition) is 1. The monoisotopic (exact) mass is 440 g/mol. The molecular formula is C21H20N4O3S2. The van der Waals surface area contributed by atoms with Gasteiger partial charge in [-0.2, -0.15) is 0 Å². The van der Waals surface area contributed by atoms with Crippen molar-refractivity contribution in [2.75, 3.05) is 53.7 Å². The number of ether oxygens (including phenoxy) is 1. The van der Waals surface area contributed by atoms with Crippen LogP contribution in [0.5, 0.6) is 0 Å². The second kappa shape index (κ2) is 8.25. The summed E-state index contributed by atoms with van der Waals surface area (Å²) in [6, 6.07) is 13.4. The highest BCUT2D eigenvalue weighted by Gasteiger charge is 2.26. The minimum Gasteiger partial charge on any atom is -0.378 e. The van der Waals surface area contributed by atoms with Gasteiger partial charge in [-0.05, 0) is 30.3 Å². The van der Waals surface area contributed by atoms with Crippen molar-refractivity contribution in [3.05, 3.63) is 42.5 Å². The van der Waals surface area contributed by atoms with Crippen LogP contribution in [-0.4, -0.2) is 55.4 Å². The molecule has 0 spiro atoms. The molecule has 0 atom stereocenters. The van der Waals surface area contributed by atoms with E-state index in [1.165, 1.54) is 11.8 Å². The Labute approximate surface area is 182 Å². The van der Waals surface area contributed by atoms with Crippen LogP contribution in [0.15, 0.2) is 47.4 Å². The summed E-state index contributed by atoms with van der Waals surface area (Å²) in [4.78, 5) is 34.6. The number of carbonyl (C=O) groups is 2. The van der Waals surface area contributed by atoms with Gasteiger partial charge >= 0.3 is 0 Å². The summed E-state index contributed by atoms with van der Waals surface area (Å²) in [5.74, 6) is 0.0748. The molecule has 7 nitrogen and oxygen atoms in total. The average Bonchev–Trinajstić information content (AvgIpc) is 3.20. The molecule has 2 aliphatic rings.